The minimum Gasteiger partial charge on any atom is -0.393 e. The van der Waals surface area contributed by atoms with Gasteiger partial charge in [0.15, 0.2) is 0 Å². The van der Waals surface area contributed by atoms with Crippen LogP contribution in [-0.2, 0) is 0 Å². The summed E-state index contributed by atoms with van der Waals surface area (Å²) in [5, 5.41) is 31.0. The van der Waals surface area contributed by atoms with Crippen LogP contribution in [0.15, 0.2) is 35.5 Å². The number of aliphatic hydroxyl groups is 3. The second kappa shape index (κ2) is 9.71. The average molecular weight is 417 g/mol. The highest BCUT2D eigenvalue weighted by atomic mass is 16.3. The van der Waals surface area contributed by atoms with Gasteiger partial charge >= 0.3 is 0 Å². The van der Waals surface area contributed by atoms with Crippen LogP contribution in [0.1, 0.15) is 85.5 Å². The topological polar surface area (TPSA) is 60.7 Å². The lowest BCUT2D eigenvalue weighted by Crippen LogP contribution is -2.39. The fourth-order valence-electron chi connectivity index (χ4n) is 6.64. The molecule has 170 valence electrons. The Morgan fingerprint density at radius 1 is 1.13 bits per heavy atom. The first-order valence-electron chi connectivity index (χ1n) is 12.3. The predicted molar refractivity (Wildman–Crippen MR) is 124 cm³/mol. The highest BCUT2D eigenvalue weighted by Crippen LogP contribution is 2.60. The van der Waals surface area contributed by atoms with Gasteiger partial charge in [-0.15, -0.1) is 0 Å². The maximum atomic E-state index is 10.9. The Bertz CT molecular complexity index is 676. The Balaban J connectivity index is 1.75. The molecule has 0 aliphatic heterocycles. The molecule has 3 fully saturated rings. The van der Waals surface area contributed by atoms with Gasteiger partial charge in [-0.2, -0.15) is 0 Å². The van der Waals surface area contributed by atoms with Crippen molar-refractivity contribution in [2.24, 2.45) is 29.1 Å². The first-order chi connectivity index (χ1) is 14.1. The smallest absolute Gasteiger partial charge is 0.0811 e. The van der Waals surface area contributed by atoms with E-state index in [1.807, 2.05) is 0 Å². The molecule has 0 bridgehead atoms. The van der Waals surface area contributed by atoms with E-state index in [0.29, 0.717) is 36.5 Å². The van der Waals surface area contributed by atoms with E-state index in [-0.39, 0.29) is 11.5 Å². The summed E-state index contributed by atoms with van der Waals surface area (Å²) in [5.74, 6) is 2.15. The number of rotatable bonds is 6. The molecule has 3 saturated carbocycles. The molecular formula is C27H44O3. The molecule has 3 aliphatic carbocycles. The van der Waals surface area contributed by atoms with E-state index in [1.54, 1.807) is 0 Å². The van der Waals surface area contributed by atoms with Crippen molar-refractivity contribution in [2.45, 2.75) is 104 Å². The maximum Gasteiger partial charge on any atom is 0.0811 e. The van der Waals surface area contributed by atoms with Gasteiger partial charge in [0.2, 0.25) is 0 Å². The van der Waals surface area contributed by atoms with Crippen LogP contribution in [-0.4, -0.2) is 33.6 Å². The van der Waals surface area contributed by atoms with Gasteiger partial charge < -0.3 is 15.3 Å². The minimum atomic E-state index is -0.626. The number of allylic oxidation sites excluding steroid dienone is 3. The summed E-state index contributed by atoms with van der Waals surface area (Å²) in [6.45, 7) is 13.3. The fraction of sp³-hybridized carbons (Fsp3) is 0.778. The Hall–Kier alpha value is -0.900. The van der Waals surface area contributed by atoms with Crippen LogP contribution in [0.25, 0.3) is 0 Å². The van der Waals surface area contributed by atoms with Gasteiger partial charge in [-0.25, -0.2) is 0 Å². The summed E-state index contributed by atoms with van der Waals surface area (Å²) < 4.78 is 0. The van der Waals surface area contributed by atoms with E-state index in [9.17, 15) is 15.3 Å². The summed E-state index contributed by atoms with van der Waals surface area (Å²) in [6, 6.07) is 0. The largest absolute Gasteiger partial charge is 0.393 e. The molecule has 0 amide bonds. The third kappa shape index (κ3) is 4.95. The summed E-state index contributed by atoms with van der Waals surface area (Å²) in [5.41, 5.74) is 3.55. The van der Waals surface area contributed by atoms with Crippen molar-refractivity contribution in [3.05, 3.63) is 35.5 Å². The zero-order valence-electron chi connectivity index (χ0n) is 19.6. The van der Waals surface area contributed by atoms with Gasteiger partial charge in [-0.3, -0.25) is 0 Å². The molecule has 3 rings (SSSR count). The van der Waals surface area contributed by atoms with Gasteiger partial charge in [0, 0.05) is 6.42 Å². The molecule has 3 heteroatoms. The lowest BCUT2D eigenvalue weighted by atomic mass is 9.60. The average Bonchev–Trinajstić information content (AvgIpc) is 3.04. The van der Waals surface area contributed by atoms with E-state index < -0.39 is 12.2 Å². The molecule has 30 heavy (non-hydrogen) atoms. The van der Waals surface area contributed by atoms with Crippen molar-refractivity contribution in [3.63, 3.8) is 0 Å². The summed E-state index contributed by atoms with van der Waals surface area (Å²) in [6.07, 6.45) is 12.1. The van der Waals surface area contributed by atoms with Crippen LogP contribution >= 0.6 is 0 Å². The second-order valence-corrected chi connectivity index (χ2v) is 11.1. The van der Waals surface area contributed by atoms with Gasteiger partial charge in [-0.1, -0.05) is 52.0 Å². The van der Waals surface area contributed by atoms with Crippen LogP contribution in [0.2, 0.25) is 0 Å². The van der Waals surface area contributed by atoms with Gasteiger partial charge in [0.25, 0.3) is 0 Å². The maximum absolute atomic E-state index is 10.9. The third-order valence-electron chi connectivity index (χ3n) is 8.58. The Morgan fingerprint density at radius 2 is 1.87 bits per heavy atom. The summed E-state index contributed by atoms with van der Waals surface area (Å²) in [7, 11) is 0. The van der Waals surface area contributed by atoms with E-state index in [1.165, 1.54) is 31.3 Å². The lowest BCUT2D eigenvalue weighted by molar-refractivity contribution is 0.0147. The quantitative estimate of drug-likeness (QED) is 0.531. The molecule has 0 heterocycles. The van der Waals surface area contributed by atoms with E-state index in [2.05, 4.69) is 46.4 Å². The summed E-state index contributed by atoms with van der Waals surface area (Å²) in [4.78, 5) is 0. The molecule has 0 aromatic carbocycles. The molecule has 2 unspecified atom stereocenters. The molecule has 0 aromatic heterocycles. The molecule has 3 N–H and O–H groups in total. The molecular weight excluding hydrogens is 372 g/mol. The van der Waals surface area contributed by atoms with Gasteiger partial charge in [0.05, 0.1) is 18.3 Å². The predicted octanol–water partition coefficient (Wildman–Crippen LogP) is 5.56. The highest BCUT2D eigenvalue weighted by molar-refractivity contribution is 5.38. The zero-order chi connectivity index (χ0) is 22.1. The normalized spacial score (nSPS) is 39.5. The van der Waals surface area contributed by atoms with Crippen LogP contribution < -0.4 is 0 Å². The Morgan fingerprint density at radius 3 is 2.57 bits per heavy atom. The van der Waals surface area contributed by atoms with E-state index in [0.717, 1.165) is 30.4 Å². The van der Waals surface area contributed by atoms with Gasteiger partial charge in [0.1, 0.15) is 0 Å². The Labute approximate surface area is 184 Å². The summed E-state index contributed by atoms with van der Waals surface area (Å²) >= 11 is 0. The molecule has 7 atom stereocenters. The number of hydrogen-bond acceptors (Lipinski definition) is 3. The first kappa shape index (κ1) is 23.8. The van der Waals surface area contributed by atoms with Crippen molar-refractivity contribution in [1.82, 2.24) is 0 Å². The third-order valence-corrected chi connectivity index (χ3v) is 8.58. The SMILES string of the molecule is C=C1/C(=C\C=C2CCC[C@@]3(C)C2CC[C@@H]3[C@H](C)C(O)CCC(C)C)C[C@@H](O)C[C@H]1O. The second-order valence-electron chi connectivity index (χ2n) is 11.1. The van der Waals surface area contributed by atoms with Crippen molar-refractivity contribution < 1.29 is 15.3 Å². The van der Waals surface area contributed by atoms with Crippen molar-refractivity contribution in [2.75, 3.05) is 0 Å². The number of fused-ring (bicyclic) bond motifs is 1. The number of aliphatic hydroxyl groups excluding tert-OH is 3. The molecule has 0 radical (unpaired) electrons. The van der Waals surface area contributed by atoms with Crippen LogP contribution in [0.4, 0.5) is 0 Å². The van der Waals surface area contributed by atoms with Crippen molar-refractivity contribution in [1.29, 1.82) is 0 Å². The van der Waals surface area contributed by atoms with Crippen LogP contribution in [0, 0.1) is 29.1 Å². The standard InChI is InChI=1S/C27H44O3/c1-17(2)8-13-25(29)19(4)23-11-12-24-20(7-6-14-27(23,24)5)9-10-21-15-22(28)16-26(30)18(21)3/h9-10,17,19,22-26,28-30H,3,6-8,11-16H2,1-2,4-5H3/b20-9?,21-10-/t19-,22+,23+,24?,25?,26+,27+/m0/s1. The van der Waals surface area contributed by atoms with E-state index in [4.69, 9.17) is 0 Å². The molecule has 3 nitrogen and oxygen atoms in total. The lowest BCUT2D eigenvalue weighted by Gasteiger charge is -2.45. The zero-order valence-corrected chi connectivity index (χ0v) is 19.6. The molecule has 0 aromatic rings. The molecule has 0 saturated heterocycles. The van der Waals surface area contributed by atoms with Crippen LogP contribution in [0.5, 0.6) is 0 Å². The molecule has 3 aliphatic rings. The van der Waals surface area contributed by atoms with Gasteiger partial charge in [-0.05, 0) is 91.6 Å². The highest BCUT2D eigenvalue weighted by Gasteiger charge is 2.51. The monoisotopic (exact) mass is 416 g/mol. The van der Waals surface area contributed by atoms with Crippen molar-refractivity contribution >= 4 is 0 Å². The first-order valence-corrected chi connectivity index (χ1v) is 12.3. The Kier molecular flexibility index (Phi) is 7.69. The molecule has 0 spiro atoms. The minimum absolute atomic E-state index is 0.196. The number of hydrogen-bond donors (Lipinski definition) is 3. The van der Waals surface area contributed by atoms with E-state index >= 15 is 0 Å². The van der Waals surface area contributed by atoms with Crippen LogP contribution in [0.3, 0.4) is 0 Å². The fourth-order valence-corrected chi connectivity index (χ4v) is 6.64. The van der Waals surface area contributed by atoms with Crippen molar-refractivity contribution in [3.8, 4) is 0 Å².